The van der Waals surface area contributed by atoms with Gasteiger partial charge in [-0.1, -0.05) is 30.3 Å². The molecular formula is C18H14N2O2S. The lowest BCUT2D eigenvalue weighted by atomic mass is 10.1. The topological polar surface area (TPSA) is 72.2 Å². The molecule has 23 heavy (non-hydrogen) atoms. The van der Waals surface area contributed by atoms with Gasteiger partial charge in [-0.15, -0.1) is 11.3 Å². The summed E-state index contributed by atoms with van der Waals surface area (Å²) in [6.07, 6.45) is 0. The highest BCUT2D eigenvalue weighted by Crippen LogP contribution is 2.28. The molecule has 2 amide bonds. The van der Waals surface area contributed by atoms with Crippen molar-refractivity contribution in [1.82, 2.24) is 0 Å². The number of thiophene rings is 1. The molecule has 114 valence electrons. The minimum Gasteiger partial charge on any atom is -0.366 e. The Morgan fingerprint density at radius 1 is 0.870 bits per heavy atom. The Morgan fingerprint density at radius 3 is 2.22 bits per heavy atom. The van der Waals surface area contributed by atoms with Crippen molar-refractivity contribution in [3.05, 3.63) is 77.2 Å². The SMILES string of the molecule is NC(=O)c1ccc(-c2ccc(C(=O)Nc3ccccc3)s2)cc1. The molecule has 0 fully saturated rings. The number of hydrogen-bond acceptors (Lipinski definition) is 3. The zero-order valence-corrected chi connectivity index (χ0v) is 13.0. The minimum atomic E-state index is -0.453. The maximum atomic E-state index is 12.2. The number of anilines is 1. The van der Waals surface area contributed by atoms with Crippen molar-refractivity contribution in [3.8, 4) is 10.4 Å². The van der Waals surface area contributed by atoms with E-state index >= 15 is 0 Å². The molecule has 3 aromatic rings. The molecule has 0 unspecified atom stereocenters. The van der Waals surface area contributed by atoms with Crippen LogP contribution in [0.1, 0.15) is 20.0 Å². The monoisotopic (exact) mass is 322 g/mol. The lowest BCUT2D eigenvalue weighted by Gasteiger charge is -2.02. The zero-order chi connectivity index (χ0) is 16.2. The number of benzene rings is 2. The molecule has 3 rings (SSSR count). The molecule has 0 spiro atoms. The van der Waals surface area contributed by atoms with Gasteiger partial charge in [-0.2, -0.15) is 0 Å². The summed E-state index contributed by atoms with van der Waals surface area (Å²) < 4.78 is 0. The quantitative estimate of drug-likeness (QED) is 0.767. The van der Waals surface area contributed by atoms with Crippen LogP contribution in [0.25, 0.3) is 10.4 Å². The molecule has 0 aliphatic heterocycles. The number of primary amides is 1. The summed E-state index contributed by atoms with van der Waals surface area (Å²) >= 11 is 1.40. The number of nitrogens with one attached hydrogen (secondary N) is 1. The van der Waals surface area contributed by atoms with Gasteiger partial charge in [-0.3, -0.25) is 9.59 Å². The van der Waals surface area contributed by atoms with E-state index in [4.69, 9.17) is 5.73 Å². The van der Waals surface area contributed by atoms with Gasteiger partial charge in [0.2, 0.25) is 5.91 Å². The number of carbonyl (C=O) groups is 2. The van der Waals surface area contributed by atoms with E-state index in [1.54, 1.807) is 18.2 Å². The van der Waals surface area contributed by atoms with Crippen LogP contribution in [0.4, 0.5) is 5.69 Å². The van der Waals surface area contributed by atoms with Gasteiger partial charge in [0.1, 0.15) is 0 Å². The predicted octanol–water partition coefficient (Wildman–Crippen LogP) is 3.77. The van der Waals surface area contributed by atoms with Gasteiger partial charge in [-0.05, 0) is 42.0 Å². The van der Waals surface area contributed by atoms with Crippen LogP contribution in [0.15, 0.2) is 66.7 Å². The summed E-state index contributed by atoms with van der Waals surface area (Å²) in [5, 5.41) is 2.86. The Hall–Kier alpha value is -2.92. The molecule has 4 nitrogen and oxygen atoms in total. The predicted molar refractivity (Wildman–Crippen MR) is 92.7 cm³/mol. The Morgan fingerprint density at radius 2 is 1.57 bits per heavy atom. The molecule has 0 bridgehead atoms. The van der Waals surface area contributed by atoms with Gasteiger partial charge >= 0.3 is 0 Å². The van der Waals surface area contributed by atoms with Crippen LogP contribution in [-0.2, 0) is 0 Å². The molecule has 0 aliphatic rings. The van der Waals surface area contributed by atoms with Gasteiger partial charge in [0.25, 0.3) is 5.91 Å². The average molecular weight is 322 g/mol. The highest BCUT2D eigenvalue weighted by atomic mass is 32.1. The second kappa shape index (κ2) is 6.46. The second-order valence-corrected chi connectivity index (χ2v) is 6.01. The maximum absolute atomic E-state index is 12.2. The fraction of sp³-hybridized carbons (Fsp3) is 0. The molecule has 1 heterocycles. The summed E-state index contributed by atoms with van der Waals surface area (Å²) in [6.45, 7) is 0. The normalized spacial score (nSPS) is 10.3. The summed E-state index contributed by atoms with van der Waals surface area (Å²) in [5.74, 6) is -0.591. The summed E-state index contributed by atoms with van der Waals surface area (Å²) in [7, 11) is 0. The van der Waals surface area contributed by atoms with Crippen molar-refractivity contribution in [1.29, 1.82) is 0 Å². The van der Waals surface area contributed by atoms with E-state index in [0.29, 0.717) is 10.4 Å². The van der Waals surface area contributed by atoms with Crippen LogP contribution in [0.2, 0.25) is 0 Å². The van der Waals surface area contributed by atoms with Crippen molar-refractivity contribution in [3.63, 3.8) is 0 Å². The number of hydrogen-bond donors (Lipinski definition) is 2. The summed E-state index contributed by atoms with van der Waals surface area (Å²) in [5.41, 5.74) is 7.40. The van der Waals surface area contributed by atoms with Gasteiger partial charge in [0.15, 0.2) is 0 Å². The van der Waals surface area contributed by atoms with E-state index in [9.17, 15) is 9.59 Å². The maximum Gasteiger partial charge on any atom is 0.265 e. The Kier molecular flexibility index (Phi) is 4.21. The summed E-state index contributed by atoms with van der Waals surface area (Å²) in [6, 6.07) is 20.0. The van der Waals surface area contributed by atoms with Crippen molar-refractivity contribution >= 4 is 28.8 Å². The Bertz CT molecular complexity index is 839. The summed E-state index contributed by atoms with van der Waals surface area (Å²) in [4.78, 5) is 24.9. The first-order valence-electron chi connectivity index (χ1n) is 7.00. The molecule has 2 aromatic carbocycles. The molecule has 1 aromatic heterocycles. The van der Waals surface area contributed by atoms with Crippen LogP contribution < -0.4 is 11.1 Å². The fourth-order valence-corrected chi connectivity index (χ4v) is 3.03. The van der Waals surface area contributed by atoms with E-state index in [0.717, 1.165) is 16.1 Å². The van der Waals surface area contributed by atoms with E-state index in [-0.39, 0.29) is 5.91 Å². The van der Waals surface area contributed by atoms with Gasteiger partial charge in [-0.25, -0.2) is 0 Å². The minimum absolute atomic E-state index is 0.138. The van der Waals surface area contributed by atoms with E-state index in [1.807, 2.05) is 48.5 Å². The molecule has 0 aliphatic carbocycles. The van der Waals surface area contributed by atoms with Crippen molar-refractivity contribution in [2.75, 3.05) is 5.32 Å². The van der Waals surface area contributed by atoms with Crippen molar-refractivity contribution < 1.29 is 9.59 Å². The Labute approximate surface area is 137 Å². The van der Waals surface area contributed by atoms with Crippen LogP contribution in [0.5, 0.6) is 0 Å². The smallest absolute Gasteiger partial charge is 0.265 e. The van der Waals surface area contributed by atoms with Crippen LogP contribution in [0, 0.1) is 0 Å². The van der Waals surface area contributed by atoms with Gasteiger partial charge < -0.3 is 11.1 Å². The largest absolute Gasteiger partial charge is 0.366 e. The molecule has 0 saturated heterocycles. The second-order valence-electron chi connectivity index (χ2n) is 4.93. The molecule has 5 heteroatoms. The van der Waals surface area contributed by atoms with Gasteiger partial charge in [0.05, 0.1) is 4.88 Å². The van der Waals surface area contributed by atoms with Gasteiger partial charge in [0, 0.05) is 16.1 Å². The van der Waals surface area contributed by atoms with E-state index < -0.39 is 5.91 Å². The van der Waals surface area contributed by atoms with Crippen molar-refractivity contribution in [2.45, 2.75) is 0 Å². The number of nitrogens with two attached hydrogens (primary N) is 1. The molecule has 3 N–H and O–H groups in total. The standard InChI is InChI=1S/C18H14N2O2S/c19-17(21)13-8-6-12(7-9-13)15-10-11-16(23-15)18(22)20-14-4-2-1-3-5-14/h1-11H,(H2,19,21)(H,20,22). The molecule has 0 saturated carbocycles. The number of amides is 2. The third kappa shape index (κ3) is 3.46. The van der Waals surface area contributed by atoms with Crippen LogP contribution in [-0.4, -0.2) is 11.8 Å². The third-order valence-corrected chi connectivity index (χ3v) is 4.45. The fourth-order valence-electron chi connectivity index (χ4n) is 2.13. The first kappa shape index (κ1) is 15.0. The van der Waals surface area contributed by atoms with E-state index in [2.05, 4.69) is 5.32 Å². The van der Waals surface area contributed by atoms with E-state index in [1.165, 1.54) is 11.3 Å². The lowest BCUT2D eigenvalue weighted by molar-refractivity contribution is 0.0998. The lowest BCUT2D eigenvalue weighted by Crippen LogP contribution is -2.10. The molecule has 0 atom stereocenters. The Balaban J connectivity index is 1.77. The molecular weight excluding hydrogens is 308 g/mol. The first-order valence-corrected chi connectivity index (χ1v) is 7.81. The number of rotatable bonds is 4. The third-order valence-electron chi connectivity index (χ3n) is 3.32. The average Bonchev–Trinajstić information content (AvgIpc) is 3.06. The zero-order valence-electron chi connectivity index (χ0n) is 12.2. The van der Waals surface area contributed by atoms with Crippen LogP contribution >= 0.6 is 11.3 Å². The molecule has 0 radical (unpaired) electrons. The first-order chi connectivity index (χ1) is 11.1. The highest BCUT2D eigenvalue weighted by Gasteiger charge is 2.11. The highest BCUT2D eigenvalue weighted by molar-refractivity contribution is 7.17. The van der Waals surface area contributed by atoms with Crippen LogP contribution in [0.3, 0.4) is 0 Å². The number of carbonyl (C=O) groups excluding carboxylic acids is 2. The number of para-hydroxylation sites is 1. The van der Waals surface area contributed by atoms with Crippen molar-refractivity contribution in [2.24, 2.45) is 5.73 Å².